The molecule has 0 aliphatic carbocycles. The lowest BCUT2D eigenvalue weighted by atomic mass is 10.1. The molecule has 0 bridgehead atoms. The highest BCUT2D eigenvalue weighted by Crippen LogP contribution is 2.28. The zero-order valence-corrected chi connectivity index (χ0v) is 19.2. The van der Waals surface area contributed by atoms with Crippen LogP contribution in [0.4, 0.5) is 0 Å². The maximum Gasteiger partial charge on any atom is 0.244 e. The van der Waals surface area contributed by atoms with Crippen LogP contribution < -0.4 is 10.0 Å². The summed E-state index contributed by atoms with van der Waals surface area (Å²) in [7, 11) is -3.35. The lowest BCUT2D eigenvalue weighted by molar-refractivity contribution is -0.116. The van der Waals surface area contributed by atoms with Gasteiger partial charge in [0.1, 0.15) is 0 Å². The smallest absolute Gasteiger partial charge is 0.244 e. The third kappa shape index (κ3) is 7.47. The van der Waals surface area contributed by atoms with Crippen LogP contribution in [0, 0.1) is 0 Å². The largest absolute Gasteiger partial charge is 0.348 e. The first-order chi connectivity index (χ1) is 14.8. The number of amides is 1. The van der Waals surface area contributed by atoms with Crippen molar-refractivity contribution in [2.24, 2.45) is 0 Å². The molecule has 2 aromatic carbocycles. The molecular formula is C24H26N2O3S2. The molecule has 7 heteroatoms. The van der Waals surface area contributed by atoms with Gasteiger partial charge < -0.3 is 5.32 Å². The van der Waals surface area contributed by atoms with Crippen molar-refractivity contribution in [1.29, 1.82) is 0 Å². The Morgan fingerprint density at radius 1 is 0.968 bits per heavy atom. The molecule has 3 aromatic rings. The van der Waals surface area contributed by atoms with Crippen molar-refractivity contribution in [3.63, 3.8) is 0 Å². The third-order valence-electron chi connectivity index (χ3n) is 4.35. The summed E-state index contributed by atoms with van der Waals surface area (Å²) in [6, 6.07) is 21.2. The van der Waals surface area contributed by atoms with Crippen molar-refractivity contribution >= 4 is 33.3 Å². The SMILES string of the molecule is CC(C)NS(=O)(=O)Cc1ccc(CNC(=O)/C=C/c2ccc(-c3ccccc3)s2)cc1. The molecule has 162 valence electrons. The summed E-state index contributed by atoms with van der Waals surface area (Å²) in [5, 5.41) is 2.85. The van der Waals surface area contributed by atoms with Gasteiger partial charge in [0.2, 0.25) is 15.9 Å². The summed E-state index contributed by atoms with van der Waals surface area (Å²) in [5.41, 5.74) is 2.77. The van der Waals surface area contributed by atoms with Gasteiger partial charge in [0, 0.05) is 28.4 Å². The van der Waals surface area contributed by atoms with Gasteiger partial charge in [-0.3, -0.25) is 4.79 Å². The Balaban J connectivity index is 1.50. The van der Waals surface area contributed by atoms with Crippen molar-refractivity contribution in [2.45, 2.75) is 32.2 Å². The first kappa shape index (κ1) is 22.9. The van der Waals surface area contributed by atoms with Crippen molar-refractivity contribution in [2.75, 3.05) is 0 Å². The summed E-state index contributed by atoms with van der Waals surface area (Å²) in [5.74, 6) is -0.241. The minimum atomic E-state index is -3.35. The lowest BCUT2D eigenvalue weighted by Crippen LogP contribution is -2.31. The van der Waals surface area contributed by atoms with Crippen LogP contribution in [0.15, 0.2) is 72.8 Å². The second kappa shape index (κ2) is 10.5. The van der Waals surface area contributed by atoms with Gasteiger partial charge >= 0.3 is 0 Å². The van der Waals surface area contributed by atoms with Crippen molar-refractivity contribution in [3.05, 3.63) is 88.8 Å². The molecule has 0 unspecified atom stereocenters. The molecule has 0 aliphatic rings. The predicted octanol–water partition coefficient (Wildman–Crippen LogP) is 4.57. The summed E-state index contributed by atoms with van der Waals surface area (Å²) >= 11 is 1.63. The van der Waals surface area contributed by atoms with Gasteiger partial charge in [0.05, 0.1) is 5.75 Å². The zero-order valence-electron chi connectivity index (χ0n) is 17.5. The Labute approximate surface area is 187 Å². The van der Waals surface area contributed by atoms with E-state index in [-0.39, 0.29) is 17.7 Å². The van der Waals surface area contributed by atoms with E-state index in [0.29, 0.717) is 12.1 Å². The molecule has 1 aromatic heterocycles. The number of carbonyl (C=O) groups excluding carboxylic acids is 1. The molecule has 5 nitrogen and oxygen atoms in total. The minimum Gasteiger partial charge on any atom is -0.348 e. The van der Waals surface area contributed by atoms with Gasteiger partial charge in [-0.05, 0) is 48.7 Å². The van der Waals surface area contributed by atoms with Crippen molar-refractivity contribution in [1.82, 2.24) is 10.0 Å². The van der Waals surface area contributed by atoms with Gasteiger partial charge in [-0.25, -0.2) is 13.1 Å². The van der Waals surface area contributed by atoms with E-state index in [9.17, 15) is 13.2 Å². The first-order valence-corrected chi connectivity index (χ1v) is 12.5. The van der Waals surface area contributed by atoms with E-state index in [1.54, 1.807) is 37.3 Å². The van der Waals surface area contributed by atoms with Gasteiger partial charge in [-0.1, -0.05) is 54.6 Å². The molecule has 3 rings (SSSR count). The van der Waals surface area contributed by atoms with E-state index in [1.807, 2.05) is 42.5 Å². The molecule has 2 N–H and O–H groups in total. The van der Waals surface area contributed by atoms with E-state index in [1.165, 1.54) is 6.08 Å². The van der Waals surface area contributed by atoms with E-state index in [2.05, 4.69) is 28.2 Å². The molecule has 0 radical (unpaired) electrons. The molecule has 0 atom stereocenters. The number of benzene rings is 2. The Bertz CT molecular complexity index is 1130. The highest BCUT2D eigenvalue weighted by atomic mass is 32.2. The number of nitrogens with one attached hydrogen (secondary N) is 2. The molecule has 1 heterocycles. The number of sulfonamides is 1. The summed E-state index contributed by atoms with van der Waals surface area (Å²) < 4.78 is 26.6. The van der Waals surface area contributed by atoms with Crippen LogP contribution in [-0.4, -0.2) is 20.4 Å². The average molecular weight is 455 g/mol. The number of thiophene rings is 1. The molecule has 0 saturated carbocycles. The van der Waals surface area contributed by atoms with Crippen molar-refractivity contribution < 1.29 is 13.2 Å². The van der Waals surface area contributed by atoms with Crippen LogP contribution in [0.5, 0.6) is 0 Å². The predicted molar refractivity (Wildman–Crippen MR) is 128 cm³/mol. The Morgan fingerprint density at radius 2 is 1.65 bits per heavy atom. The summed E-state index contributed by atoms with van der Waals surface area (Å²) in [4.78, 5) is 14.3. The van der Waals surface area contributed by atoms with Crippen LogP contribution in [0.25, 0.3) is 16.5 Å². The standard InChI is InChI=1S/C24H26N2O3S2/c1-18(2)26-31(28,29)17-20-10-8-19(9-11-20)16-25-24(27)15-13-22-12-14-23(30-22)21-6-4-3-5-7-21/h3-15,18,26H,16-17H2,1-2H3,(H,25,27)/b15-13+. The molecule has 0 aliphatic heterocycles. The van der Waals surface area contributed by atoms with Gasteiger partial charge in [0.15, 0.2) is 0 Å². The molecule has 0 fully saturated rings. The third-order valence-corrected chi connectivity index (χ3v) is 6.99. The van der Waals surface area contributed by atoms with E-state index < -0.39 is 10.0 Å². The fourth-order valence-electron chi connectivity index (χ4n) is 2.98. The van der Waals surface area contributed by atoms with E-state index in [0.717, 1.165) is 20.9 Å². The number of hydrogen-bond donors (Lipinski definition) is 2. The van der Waals surface area contributed by atoms with Crippen LogP contribution in [0.2, 0.25) is 0 Å². The minimum absolute atomic E-state index is 0.0632. The first-order valence-electron chi connectivity index (χ1n) is 10.00. The Morgan fingerprint density at radius 3 is 2.32 bits per heavy atom. The van der Waals surface area contributed by atoms with Crippen LogP contribution >= 0.6 is 11.3 Å². The molecule has 0 spiro atoms. The van der Waals surface area contributed by atoms with Crippen LogP contribution in [0.1, 0.15) is 29.9 Å². The highest BCUT2D eigenvalue weighted by Gasteiger charge is 2.12. The Hall–Kier alpha value is -2.74. The van der Waals surface area contributed by atoms with Gasteiger partial charge in [-0.2, -0.15) is 0 Å². The number of rotatable bonds is 9. The molecule has 1 amide bonds. The maximum atomic E-state index is 12.1. The van der Waals surface area contributed by atoms with E-state index in [4.69, 9.17) is 0 Å². The van der Waals surface area contributed by atoms with Crippen LogP contribution in [0.3, 0.4) is 0 Å². The van der Waals surface area contributed by atoms with Gasteiger partial charge in [-0.15, -0.1) is 11.3 Å². The molecule has 31 heavy (non-hydrogen) atoms. The monoisotopic (exact) mass is 454 g/mol. The molecule has 0 saturated heterocycles. The quantitative estimate of drug-likeness (QED) is 0.465. The van der Waals surface area contributed by atoms with Crippen LogP contribution in [-0.2, 0) is 27.1 Å². The highest BCUT2D eigenvalue weighted by molar-refractivity contribution is 7.88. The zero-order chi connectivity index (χ0) is 22.3. The molecular weight excluding hydrogens is 428 g/mol. The maximum absolute atomic E-state index is 12.1. The fraction of sp³-hybridized carbons (Fsp3) is 0.208. The topological polar surface area (TPSA) is 75.3 Å². The van der Waals surface area contributed by atoms with E-state index >= 15 is 0 Å². The second-order valence-electron chi connectivity index (χ2n) is 7.47. The van der Waals surface area contributed by atoms with Crippen molar-refractivity contribution in [3.8, 4) is 10.4 Å². The van der Waals surface area contributed by atoms with Gasteiger partial charge in [0.25, 0.3) is 0 Å². The lowest BCUT2D eigenvalue weighted by Gasteiger charge is -2.10. The summed E-state index contributed by atoms with van der Waals surface area (Å²) in [6.07, 6.45) is 3.33. The second-order valence-corrected chi connectivity index (χ2v) is 10.3. The number of carbonyl (C=O) groups is 1. The number of hydrogen-bond acceptors (Lipinski definition) is 4. The fourth-order valence-corrected chi connectivity index (χ4v) is 5.33. The normalized spacial score (nSPS) is 11.8. The average Bonchev–Trinajstić information content (AvgIpc) is 3.20. The Kier molecular flexibility index (Phi) is 7.79. The summed E-state index contributed by atoms with van der Waals surface area (Å²) in [6.45, 7) is 3.96.